The van der Waals surface area contributed by atoms with E-state index < -0.39 is 0 Å². The fraction of sp³-hybridized carbons (Fsp3) is 0.600. The number of rotatable bonds is 2. The van der Waals surface area contributed by atoms with E-state index in [2.05, 4.69) is 6.92 Å². The first-order chi connectivity index (χ1) is 7.94. The van der Waals surface area contributed by atoms with E-state index in [0.29, 0.717) is 0 Å². The predicted octanol–water partition coefficient (Wildman–Crippen LogP) is 4.02. The van der Waals surface area contributed by atoms with Gasteiger partial charge in [0.1, 0.15) is 5.82 Å². The van der Waals surface area contributed by atoms with Crippen LogP contribution < -0.4 is 5.73 Å². The normalized spacial score (nSPS) is 20.5. The molecule has 2 N–H and O–H groups in total. The molecule has 0 amide bonds. The van der Waals surface area contributed by atoms with Crippen molar-refractivity contribution in [2.24, 2.45) is 11.1 Å². The lowest BCUT2D eigenvalue weighted by Crippen LogP contribution is -2.30. The third-order valence-electron chi connectivity index (χ3n) is 4.37. The Morgan fingerprint density at radius 3 is 2.12 bits per heavy atom. The van der Waals surface area contributed by atoms with Crippen molar-refractivity contribution in [3.63, 3.8) is 0 Å². The molecule has 1 atom stereocenters. The van der Waals surface area contributed by atoms with Crippen LogP contribution in [0.4, 0.5) is 4.39 Å². The van der Waals surface area contributed by atoms with Gasteiger partial charge in [-0.2, -0.15) is 0 Å². The maximum absolute atomic E-state index is 13.3. The van der Waals surface area contributed by atoms with Crippen LogP contribution in [-0.4, -0.2) is 0 Å². The highest BCUT2D eigenvalue weighted by Crippen LogP contribution is 2.47. The molecule has 0 radical (unpaired) electrons. The van der Waals surface area contributed by atoms with Crippen LogP contribution in [0.3, 0.4) is 0 Å². The van der Waals surface area contributed by atoms with Gasteiger partial charge in [0.25, 0.3) is 0 Å². The molecule has 1 fully saturated rings. The zero-order valence-electron chi connectivity index (χ0n) is 11.0. The fourth-order valence-corrected chi connectivity index (χ4v) is 3.25. The number of nitrogens with two attached hydrogens (primary N) is 1. The zero-order valence-corrected chi connectivity index (χ0v) is 11.0. The molecule has 1 saturated carbocycles. The van der Waals surface area contributed by atoms with E-state index in [-0.39, 0.29) is 17.3 Å². The first kappa shape index (κ1) is 12.6. The molecule has 2 rings (SSSR count). The SMILES string of the molecule is Cc1cc(F)cc(C)c1C(N)C1(C)CCCC1. The monoisotopic (exact) mass is 235 g/mol. The summed E-state index contributed by atoms with van der Waals surface area (Å²) in [5, 5.41) is 0. The van der Waals surface area contributed by atoms with Crippen LogP contribution in [0.15, 0.2) is 12.1 Å². The molecule has 94 valence electrons. The average Bonchev–Trinajstić information content (AvgIpc) is 2.64. The van der Waals surface area contributed by atoms with Crippen LogP contribution >= 0.6 is 0 Å². The molecule has 1 aromatic carbocycles. The molecular weight excluding hydrogens is 213 g/mol. The summed E-state index contributed by atoms with van der Waals surface area (Å²) < 4.78 is 13.3. The van der Waals surface area contributed by atoms with Crippen LogP contribution in [0, 0.1) is 25.1 Å². The van der Waals surface area contributed by atoms with Crippen LogP contribution in [-0.2, 0) is 0 Å². The number of aryl methyl sites for hydroxylation is 2. The molecule has 1 aliphatic rings. The van der Waals surface area contributed by atoms with E-state index >= 15 is 0 Å². The topological polar surface area (TPSA) is 26.0 Å². The van der Waals surface area contributed by atoms with Crippen LogP contribution in [0.25, 0.3) is 0 Å². The molecule has 0 saturated heterocycles. The van der Waals surface area contributed by atoms with Gasteiger partial charge in [0.15, 0.2) is 0 Å². The predicted molar refractivity (Wildman–Crippen MR) is 69.4 cm³/mol. The molecule has 1 nitrogen and oxygen atoms in total. The van der Waals surface area contributed by atoms with Gasteiger partial charge in [0.2, 0.25) is 0 Å². The van der Waals surface area contributed by atoms with Gasteiger partial charge in [-0.3, -0.25) is 0 Å². The van der Waals surface area contributed by atoms with Crippen LogP contribution in [0.2, 0.25) is 0 Å². The maximum atomic E-state index is 13.3. The van der Waals surface area contributed by atoms with Gasteiger partial charge in [0.05, 0.1) is 0 Å². The van der Waals surface area contributed by atoms with E-state index in [1.807, 2.05) is 13.8 Å². The van der Waals surface area contributed by atoms with Crippen molar-refractivity contribution in [1.29, 1.82) is 0 Å². The van der Waals surface area contributed by atoms with Crippen LogP contribution in [0.1, 0.15) is 55.3 Å². The van der Waals surface area contributed by atoms with Gasteiger partial charge < -0.3 is 5.73 Å². The second kappa shape index (κ2) is 4.41. The van der Waals surface area contributed by atoms with Gasteiger partial charge in [-0.15, -0.1) is 0 Å². The van der Waals surface area contributed by atoms with E-state index in [4.69, 9.17) is 5.73 Å². The Labute approximate surface area is 103 Å². The minimum atomic E-state index is -0.160. The van der Waals surface area contributed by atoms with Crippen molar-refractivity contribution >= 4 is 0 Å². The first-order valence-electron chi connectivity index (χ1n) is 6.46. The van der Waals surface area contributed by atoms with Crippen molar-refractivity contribution in [3.8, 4) is 0 Å². The summed E-state index contributed by atoms with van der Waals surface area (Å²) in [7, 11) is 0. The minimum absolute atomic E-state index is 0.0330. The number of hydrogen-bond donors (Lipinski definition) is 1. The molecule has 17 heavy (non-hydrogen) atoms. The van der Waals surface area contributed by atoms with E-state index in [1.54, 1.807) is 12.1 Å². The second-order valence-electron chi connectivity index (χ2n) is 5.79. The smallest absolute Gasteiger partial charge is 0.123 e. The summed E-state index contributed by atoms with van der Waals surface area (Å²) in [5.41, 5.74) is 9.78. The van der Waals surface area contributed by atoms with Crippen molar-refractivity contribution in [2.45, 2.75) is 52.5 Å². The quantitative estimate of drug-likeness (QED) is 0.823. The average molecular weight is 235 g/mol. The largest absolute Gasteiger partial charge is 0.323 e. The summed E-state index contributed by atoms with van der Waals surface area (Å²) in [4.78, 5) is 0. The Morgan fingerprint density at radius 2 is 1.65 bits per heavy atom. The van der Waals surface area contributed by atoms with Gasteiger partial charge in [-0.05, 0) is 60.9 Å². The van der Waals surface area contributed by atoms with E-state index in [9.17, 15) is 4.39 Å². The molecule has 1 aliphatic carbocycles. The van der Waals surface area contributed by atoms with E-state index in [1.165, 1.54) is 25.7 Å². The Morgan fingerprint density at radius 1 is 1.18 bits per heavy atom. The molecule has 1 aromatic rings. The highest BCUT2D eigenvalue weighted by Gasteiger charge is 2.36. The number of benzene rings is 1. The molecule has 1 unspecified atom stereocenters. The fourth-order valence-electron chi connectivity index (χ4n) is 3.25. The number of halogens is 1. The number of hydrogen-bond acceptors (Lipinski definition) is 1. The summed E-state index contributed by atoms with van der Waals surface area (Å²) in [5.74, 6) is -0.160. The van der Waals surface area contributed by atoms with Crippen molar-refractivity contribution in [3.05, 3.63) is 34.6 Å². The lowest BCUT2D eigenvalue weighted by atomic mass is 9.75. The highest BCUT2D eigenvalue weighted by atomic mass is 19.1. The Balaban J connectivity index is 2.40. The van der Waals surface area contributed by atoms with Gasteiger partial charge in [-0.25, -0.2) is 4.39 Å². The Hall–Kier alpha value is -0.890. The Kier molecular flexibility index (Phi) is 3.26. The highest BCUT2D eigenvalue weighted by molar-refractivity contribution is 5.38. The molecule has 0 bridgehead atoms. The maximum Gasteiger partial charge on any atom is 0.123 e. The molecule has 2 heteroatoms. The molecule has 0 spiro atoms. The van der Waals surface area contributed by atoms with Gasteiger partial charge in [0, 0.05) is 6.04 Å². The summed E-state index contributed by atoms with van der Waals surface area (Å²) in [6, 6.07) is 3.23. The van der Waals surface area contributed by atoms with Crippen LogP contribution in [0.5, 0.6) is 0 Å². The Bertz CT molecular complexity index is 396. The van der Waals surface area contributed by atoms with E-state index in [0.717, 1.165) is 16.7 Å². The lowest BCUT2D eigenvalue weighted by molar-refractivity contribution is 0.264. The lowest BCUT2D eigenvalue weighted by Gasteiger charge is -2.33. The summed E-state index contributed by atoms with van der Waals surface area (Å²) >= 11 is 0. The first-order valence-corrected chi connectivity index (χ1v) is 6.46. The van der Waals surface area contributed by atoms with Crippen molar-refractivity contribution in [2.75, 3.05) is 0 Å². The third-order valence-corrected chi connectivity index (χ3v) is 4.37. The molecule has 0 aromatic heterocycles. The second-order valence-corrected chi connectivity index (χ2v) is 5.79. The van der Waals surface area contributed by atoms with Gasteiger partial charge >= 0.3 is 0 Å². The standard InChI is InChI=1S/C15H22FN/c1-10-8-12(16)9-11(2)13(10)14(17)15(3)6-4-5-7-15/h8-9,14H,4-7,17H2,1-3H3. The molecule has 0 aliphatic heterocycles. The summed E-state index contributed by atoms with van der Waals surface area (Å²) in [6.45, 7) is 6.19. The molecule has 0 heterocycles. The minimum Gasteiger partial charge on any atom is -0.323 e. The zero-order chi connectivity index (χ0) is 12.6. The van der Waals surface area contributed by atoms with Crippen molar-refractivity contribution in [1.82, 2.24) is 0 Å². The third kappa shape index (κ3) is 2.23. The molecular formula is C15H22FN. The summed E-state index contributed by atoms with van der Waals surface area (Å²) in [6.07, 6.45) is 4.90. The van der Waals surface area contributed by atoms with Gasteiger partial charge in [-0.1, -0.05) is 19.8 Å². The van der Waals surface area contributed by atoms with Crippen molar-refractivity contribution < 1.29 is 4.39 Å².